The summed E-state index contributed by atoms with van der Waals surface area (Å²) in [7, 11) is 1.23. The largest absolute Gasteiger partial charge is 0.756 e. The summed E-state index contributed by atoms with van der Waals surface area (Å²) in [5.41, 5.74) is 0. The highest BCUT2D eigenvalue weighted by Crippen LogP contribution is 2.38. The number of phosphoric ester groups is 1. The number of rotatable bonds is 41. The van der Waals surface area contributed by atoms with Crippen LogP contribution in [0.25, 0.3) is 0 Å². The summed E-state index contributed by atoms with van der Waals surface area (Å²) in [4.78, 5) is 25.3. The Labute approximate surface area is 346 Å². The van der Waals surface area contributed by atoms with Gasteiger partial charge in [0.25, 0.3) is 7.82 Å². The minimum Gasteiger partial charge on any atom is -0.756 e. The molecule has 0 aromatic heterocycles. The summed E-state index contributed by atoms with van der Waals surface area (Å²) in [6.45, 7) is 4.59. The van der Waals surface area contributed by atoms with Gasteiger partial charge in [0.15, 0.2) is 0 Å². The molecule has 56 heavy (non-hydrogen) atoms. The topological polar surface area (TPSA) is 108 Å². The summed E-state index contributed by atoms with van der Waals surface area (Å²) in [6.07, 6.45) is 48.7. The van der Waals surface area contributed by atoms with Crippen LogP contribution in [0.5, 0.6) is 0 Å². The van der Waals surface area contributed by atoms with Gasteiger partial charge in [-0.1, -0.05) is 165 Å². The number of quaternary nitrogens is 1. The van der Waals surface area contributed by atoms with Crippen molar-refractivity contribution in [2.45, 2.75) is 206 Å². The molecule has 3 atom stereocenters. The number of carbonyl (C=O) groups is 1. The van der Waals surface area contributed by atoms with Crippen LogP contribution in [0, 0.1) is 0 Å². The first-order valence-corrected chi connectivity index (χ1v) is 24.5. The summed E-state index contributed by atoms with van der Waals surface area (Å²) in [5, 5.41) is 13.7. The first kappa shape index (κ1) is 54.5. The Morgan fingerprint density at radius 3 is 1.45 bits per heavy atom. The third-order valence-electron chi connectivity index (χ3n) is 9.99. The van der Waals surface area contributed by atoms with E-state index >= 15 is 0 Å². The number of nitrogens with zero attached hydrogens (tertiary/aromatic N) is 1. The smallest absolute Gasteiger partial charge is 0.268 e. The average molecular weight is 809 g/mol. The Morgan fingerprint density at radius 2 is 1.00 bits per heavy atom. The van der Waals surface area contributed by atoms with E-state index in [9.17, 15) is 19.4 Å². The molecule has 9 heteroatoms. The molecule has 1 amide bonds. The van der Waals surface area contributed by atoms with Crippen LogP contribution in [0.3, 0.4) is 0 Å². The molecule has 0 saturated carbocycles. The molecule has 0 aromatic carbocycles. The summed E-state index contributed by atoms with van der Waals surface area (Å²) in [5.74, 6) is -0.218. The zero-order valence-corrected chi connectivity index (χ0v) is 38.0. The Hall–Kier alpha value is -1.54. The maximum atomic E-state index is 12.9. The maximum absolute atomic E-state index is 12.9. The Morgan fingerprint density at radius 1 is 0.607 bits per heavy atom. The summed E-state index contributed by atoms with van der Waals surface area (Å²) >= 11 is 0. The highest BCUT2D eigenvalue weighted by molar-refractivity contribution is 7.45. The summed E-state index contributed by atoms with van der Waals surface area (Å²) in [6, 6.07) is -0.911. The van der Waals surface area contributed by atoms with Gasteiger partial charge >= 0.3 is 0 Å². The maximum Gasteiger partial charge on any atom is 0.268 e. The van der Waals surface area contributed by atoms with E-state index in [1.54, 1.807) is 6.08 Å². The van der Waals surface area contributed by atoms with Crippen molar-refractivity contribution in [3.8, 4) is 0 Å². The van der Waals surface area contributed by atoms with Crippen molar-refractivity contribution in [3.05, 3.63) is 48.6 Å². The molecule has 0 bridgehead atoms. The zero-order valence-electron chi connectivity index (χ0n) is 37.1. The number of nitrogens with one attached hydrogen (secondary N) is 1. The number of hydrogen-bond donors (Lipinski definition) is 2. The lowest BCUT2D eigenvalue weighted by atomic mass is 10.1. The van der Waals surface area contributed by atoms with Crippen molar-refractivity contribution in [1.29, 1.82) is 0 Å². The SMILES string of the molecule is CCCCCCC/C=C/CC/C=C/CC/C=C/C(O)C(COP(=O)([O-])OCC[N+](C)(C)C)NC(=O)CCCCCCCCC/C=C\CCCCCCCCCC. The minimum atomic E-state index is -4.60. The van der Waals surface area contributed by atoms with Gasteiger partial charge in [0, 0.05) is 6.42 Å². The van der Waals surface area contributed by atoms with Crippen molar-refractivity contribution in [2.24, 2.45) is 0 Å². The van der Waals surface area contributed by atoms with Gasteiger partial charge in [-0.15, -0.1) is 0 Å². The number of aliphatic hydroxyl groups excluding tert-OH is 1. The van der Waals surface area contributed by atoms with E-state index in [-0.39, 0.29) is 12.5 Å². The number of amides is 1. The normalized spacial score (nSPS) is 14.8. The van der Waals surface area contributed by atoms with Gasteiger partial charge < -0.3 is 28.8 Å². The van der Waals surface area contributed by atoms with E-state index in [4.69, 9.17) is 9.05 Å². The van der Waals surface area contributed by atoms with Crippen LogP contribution >= 0.6 is 7.82 Å². The molecule has 0 rings (SSSR count). The van der Waals surface area contributed by atoms with Crippen molar-refractivity contribution in [1.82, 2.24) is 5.32 Å². The molecule has 0 aromatic rings. The fourth-order valence-electron chi connectivity index (χ4n) is 6.30. The Balaban J connectivity index is 4.46. The number of allylic oxidation sites excluding steroid dienone is 7. The lowest BCUT2D eigenvalue weighted by Gasteiger charge is -2.29. The number of carbonyl (C=O) groups excluding carboxylic acids is 1. The average Bonchev–Trinajstić information content (AvgIpc) is 3.15. The van der Waals surface area contributed by atoms with E-state index in [0.717, 1.165) is 44.9 Å². The predicted octanol–water partition coefficient (Wildman–Crippen LogP) is 12.2. The van der Waals surface area contributed by atoms with Gasteiger partial charge in [-0.05, 0) is 70.6 Å². The molecule has 0 aliphatic carbocycles. The molecule has 3 unspecified atom stereocenters. The zero-order chi connectivity index (χ0) is 41.4. The van der Waals surface area contributed by atoms with Gasteiger partial charge in [-0.3, -0.25) is 9.36 Å². The quantitative estimate of drug-likeness (QED) is 0.0276. The minimum absolute atomic E-state index is 0.0108. The molecule has 0 spiro atoms. The second-order valence-corrected chi connectivity index (χ2v) is 18.1. The van der Waals surface area contributed by atoms with Gasteiger partial charge in [-0.25, -0.2) is 0 Å². The second-order valence-electron chi connectivity index (χ2n) is 16.7. The van der Waals surface area contributed by atoms with Crippen LogP contribution in [-0.4, -0.2) is 68.5 Å². The molecular formula is C47H89N2O6P. The third kappa shape index (κ3) is 40.6. The molecule has 2 N–H and O–H groups in total. The van der Waals surface area contributed by atoms with Crippen molar-refractivity contribution >= 4 is 13.7 Å². The summed E-state index contributed by atoms with van der Waals surface area (Å²) < 4.78 is 23.2. The molecule has 0 fully saturated rings. The highest BCUT2D eigenvalue weighted by Gasteiger charge is 2.23. The number of phosphoric acid groups is 1. The molecule has 0 aliphatic rings. The monoisotopic (exact) mass is 809 g/mol. The fourth-order valence-corrected chi connectivity index (χ4v) is 7.02. The first-order chi connectivity index (χ1) is 27.0. The number of hydrogen-bond acceptors (Lipinski definition) is 6. The van der Waals surface area contributed by atoms with Crippen LogP contribution in [0.2, 0.25) is 0 Å². The fraction of sp³-hybridized carbons (Fsp3) is 0.809. The van der Waals surface area contributed by atoms with Crippen LogP contribution in [-0.2, 0) is 18.4 Å². The van der Waals surface area contributed by atoms with E-state index in [0.29, 0.717) is 17.4 Å². The van der Waals surface area contributed by atoms with E-state index in [1.807, 2.05) is 27.2 Å². The predicted molar refractivity (Wildman–Crippen MR) is 238 cm³/mol. The molecule has 0 radical (unpaired) electrons. The third-order valence-corrected chi connectivity index (χ3v) is 11.0. The van der Waals surface area contributed by atoms with Crippen molar-refractivity contribution in [2.75, 3.05) is 40.9 Å². The lowest BCUT2D eigenvalue weighted by molar-refractivity contribution is -0.870. The van der Waals surface area contributed by atoms with Gasteiger partial charge in [-0.2, -0.15) is 0 Å². The van der Waals surface area contributed by atoms with Crippen LogP contribution in [0.15, 0.2) is 48.6 Å². The molecular weight excluding hydrogens is 719 g/mol. The molecule has 8 nitrogen and oxygen atoms in total. The van der Waals surface area contributed by atoms with Gasteiger partial charge in [0.2, 0.25) is 5.91 Å². The van der Waals surface area contributed by atoms with Crippen molar-refractivity contribution in [3.63, 3.8) is 0 Å². The van der Waals surface area contributed by atoms with Gasteiger partial charge in [0.05, 0.1) is 39.9 Å². The molecule has 328 valence electrons. The van der Waals surface area contributed by atoms with E-state index in [2.05, 4.69) is 55.6 Å². The number of likely N-dealkylation sites (N-methyl/N-ethyl adjacent to an activating group) is 1. The number of aliphatic hydroxyl groups is 1. The van der Waals surface area contributed by atoms with E-state index in [1.165, 1.54) is 128 Å². The van der Waals surface area contributed by atoms with Gasteiger partial charge in [0.1, 0.15) is 13.2 Å². The Bertz CT molecular complexity index is 1050. The molecule has 0 aliphatic heterocycles. The standard InChI is InChI=1S/C47H89N2O6P/c1-6-8-10-12-14-16-18-20-22-23-24-25-27-29-31-33-35-37-39-41-47(51)48-45(44-55-56(52,53)54-43-42-49(3,4)5)46(50)40-38-36-34-32-30-28-26-21-19-17-15-13-11-9-7-2/h19,21,23-24,30,32,38,40,45-46,50H,6-18,20,22,25-29,31,33-37,39,41-44H2,1-5H3,(H-,48,51,52,53)/b21-19+,24-23-,32-30+,40-38+. The highest BCUT2D eigenvalue weighted by atomic mass is 31.2. The van der Waals surface area contributed by atoms with Crippen LogP contribution in [0.4, 0.5) is 0 Å². The van der Waals surface area contributed by atoms with Crippen LogP contribution < -0.4 is 10.2 Å². The molecule has 0 heterocycles. The Kier molecular flexibility index (Phi) is 37.9. The number of unbranched alkanes of at least 4 members (excludes halogenated alkanes) is 22. The van der Waals surface area contributed by atoms with Crippen molar-refractivity contribution < 1.29 is 32.9 Å². The van der Waals surface area contributed by atoms with E-state index < -0.39 is 26.6 Å². The first-order valence-electron chi connectivity index (χ1n) is 23.0. The lowest BCUT2D eigenvalue weighted by Crippen LogP contribution is -2.45. The molecule has 0 saturated heterocycles. The van der Waals surface area contributed by atoms with Crippen LogP contribution in [0.1, 0.15) is 194 Å². The second kappa shape index (κ2) is 38.9.